The standard InChI is InChI=1S/C10H11N3O3/c14-9(15)5-2-6-16-8-4-1-3-7-10(8)12-13-11-7/h1,3-4H,2,5-6H2,(H,14,15)(H,11,12,13). The molecule has 6 heteroatoms. The number of aromatic amines is 1. The maximum Gasteiger partial charge on any atom is 0.303 e. The minimum Gasteiger partial charge on any atom is -0.491 e. The zero-order valence-corrected chi connectivity index (χ0v) is 8.51. The third-order valence-corrected chi connectivity index (χ3v) is 2.10. The molecule has 0 amide bonds. The maximum absolute atomic E-state index is 10.3. The number of rotatable bonds is 5. The van der Waals surface area contributed by atoms with E-state index in [1.165, 1.54) is 0 Å². The highest BCUT2D eigenvalue weighted by Gasteiger charge is 2.05. The molecule has 0 aliphatic rings. The summed E-state index contributed by atoms with van der Waals surface area (Å²) in [6, 6.07) is 5.42. The number of fused-ring (bicyclic) bond motifs is 1. The normalized spacial score (nSPS) is 10.5. The molecule has 2 N–H and O–H groups in total. The molecule has 0 atom stereocenters. The number of carboxylic acids is 1. The molecule has 0 aliphatic heterocycles. The van der Waals surface area contributed by atoms with Crippen LogP contribution in [0.4, 0.5) is 0 Å². The second-order valence-corrected chi connectivity index (χ2v) is 3.29. The Hall–Kier alpha value is -2.11. The Balaban J connectivity index is 1.98. The lowest BCUT2D eigenvalue weighted by Gasteiger charge is -2.04. The molecule has 2 aromatic rings. The zero-order chi connectivity index (χ0) is 11.4. The van der Waals surface area contributed by atoms with Crippen LogP contribution in [0.1, 0.15) is 12.8 Å². The van der Waals surface area contributed by atoms with Gasteiger partial charge in [0.05, 0.1) is 6.61 Å². The highest BCUT2D eigenvalue weighted by molar-refractivity contribution is 5.80. The smallest absolute Gasteiger partial charge is 0.303 e. The number of para-hydroxylation sites is 1. The summed E-state index contributed by atoms with van der Waals surface area (Å²) in [5, 5.41) is 18.9. The van der Waals surface area contributed by atoms with Crippen LogP contribution in [-0.2, 0) is 4.79 Å². The molecule has 0 saturated carbocycles. The molecule has 0 unspecified atom stereocenters. The highest BCUT2D eigenvalue weighted by atomic mass is 16.5. The van der Waals surface area contributed by atoms with Crippen molar-refractivity contribution >= 4 is 17.0 Å². The van der Waals surface area contributed by atoms with Gasteiger partial charge in [0.25, 0.3) is 0 Å². The van der Waals surface area contributed by atoms with Gasteiger partial charge in [-0.3, -0.25) is 4.79 Å². The van der Waals surface area contributed by atoms with Gasteiger partial charge in [0.1, 0.15) is 11.3 Å². The van der Waals surface area contributed by atoms with Crippen molar-refractivity contribution in [3.05, 3.63) is 18.2 Å². The number of carbonyl (C=O) groups is 1. The van der Waals surface area contributed by atoms with E-state index in [1.54, 1.807) is 6.07 Å². The molecule has 0 spiro atoms. The molecule has 1 aromatic heterocycles. The van der Waals surface area contributed by atoms with Crippen molar-refractivity contribution in [2.24, 2.45) is 0 Å². The van der Waals surface area contributed by atoms with Gasteiger partial charge in [-0.15, -0.1) is 0 Å². The molecule has 0 saturated heterocycles. The van der Waals surface area contributed by atoms with Gasteiger partial charge in [0, 0.05) is 6.42 Å². The van der Waals surface area contributed by atoms with E-state index in [9.17, 15) is 4.79 Å². The summed E-state index contributed by atoms with van der Waals surface area (Å²) < 4.78 is 5.44. The third kappa shape index (κ3) is 2.28. The quantitative estimate of drug-likeness (QED) is 0.740. The minimum absolute atomic E-state index is 0.106. The Labute approximate surface area is 91.2 Å². The number of ether oxygens (including phenoxy) is 1. The highest BCUT2D eigenvalue weighted by Crippen LogP contribution is 2.21. The number of aliphatic carboxylic acids is 1. The number of nitrogens with zero attached hydrogens (tertiary/aromatic N) is 2. The summed E-state index contributed by atoms with van der Waals surface area (Å²) >= 11 is 0. The summed E-state index contributed by atoms with van der Waals surface area (Å²) in [7, 11) is 0. The van der Waals surface area contributed by atoms with E-state index in [4.69, 9.17) is 9.84 Å². The van der Waals surface area contributed by atoms with Crippen LogP contribution in [0.15, 0.2) is 18.2 Å². The number of aromatic nitrogens is 3. The van der Waals surface area contributed by atoms with Crippen LogP contribution in [0.3, 0.4) is 0 Å². The number of hydrogen-bond donors (Lipinski definition) is 2. The minimum atomic E-state index is -0.816. The first-order valence-corrected chi connectivity index (χ1v) is 4.91. The number of H-pyrrole nitrogens is 1. The third-order valence-electron chi connectivity index (χ3n) is 2.10. The molecular weight excluding hydrogens is 210 g/mol. The molecule has 84 valence electrons. The maximum atomic E-state index is 10.3. The van der Waals surface area contributed by atoms with E-state index in [0.717, 1.165) is 5.52 Å². The monoisotopic (exact) mass is 221 g/mol. The molecule has 0 aliphatic carbocycles. The van der Waals surface area contributed by atoms with Gasteiger partial charge in [0.2, 0.25) is 0 Å². The molecule has 0 fully saturated rings. The Morgan fingerprint density at radius 1 is 1.44 bits per heavy atom. The lowest BCUT2D eigenvalue weighted by molar-refractivity contribution is -0.137. The largest absolute Gasteiger partial charge is 0.491 e. The van der Waals surface area contributed by atoms with Crippen LogP contribution in [0.5, 0.6) is 5.75 Å². The summed E-state index contributed by atoms with van der Waals surface area (Å²) in [5.41, 5.74) is 1.40. The Bertz CT molecular complexity index is 495. The first kappa shape index (κ1) is 10.4. The topological polar surface area (TPSA) is 88.1 Å². The lowest BCUT2D eigenvalue weighted by atomic mass is 10.3. The molecule has 1 aromatic carbocycles. The first-order chi connectivity index (χ1) is 7.77. The van der Waals surface area contributed by atoms with Gasteiger partial charge in [-0.2, -0.15) is 15.4 Å². The Morgan fingerprint density at radius 2 is 2.31 bits per heavy atom. The summed E-state index contributed by atoms with van der Waals surface area (Å²) in [5.74, 6) is -0.195. The number of carboxylic acid groups (broad SMARTS) is 1. The van der Waals surface area contributed by atoms with Gasteiger partial charge in [0.15, 0.2) is 5.52 Å². The fourth-order valence-corrected chi connectivity index (χ4v) is 1.36. The second-order valence-electron chi connectivity index (χ2n) is 3.29. The molecule has 2 rings (SSSR count). The van der Waals surface area contributed by atoms with Crippen molar-refractivity contribution in [3.63, 3.8) is 0 Å². The van der Waals surface area contributed by atoms with Gasteiger partial charge >= 0.3 is 5.97 Å². The predicted octanol–water partition coefficient (Wildman–Crippen LogP) is 1.20. The number of hydrogen-bond acceptors (Lipinski definition) is 4. The van der Waals surface area contributed by atoms with Gasteiger partial charge < -0.3 is 9.84 Å². The fourth-order valence-electron chi connectivity index (χ4n) is 1.36. The zero-order valence-electron chi connectivity index (χ0n) is 8.51. The van der Waals surface area contributed by atoms with E-state index in [1.807, 2.05) is 12.1 Å². The van der Waals surface area contributed by atoms with Crippen molar-refractivity contribution in [2.45, 2.75) is 12.8 Å². The molecule has 16 heavy (non-hydrogen) atoms. The van der Waals surface area contributed by atoms with E-state index in [-0.39, 0.29) is 6.42 Å². The van der Waals surface area contributed by atoms with Crippen LogP contribution in [0.2, 0.25) is 0 Å². The van der Waals surface area contributed by atoms with Crippen molar-refractivity contribution in [2.75, 3.05) is 6.61 Å². The van der Waals surface area contributed by atoms with Crippen molar-refractivity contribution in [1.82, 2.24) is 15.4 Å². The van der Waals surface area contributed by atoms with Gasteiger partial charge in [-0.25, -0.2) is 0 Å². The van der Waals surface area contributed by atoms with Crippen LogP contribution in [0, 0.1) is 0 Å². The van der Waals surface area contributed by atoms with Gasteiger partial charge in [-0.05, 0) is 18.6 Å². The number of benzene rings is 1. The van der Waals surface area contributed by atoms with Crippen LogP contribution < -0.4 is 4.74 Å². The van der Waals surface area contributed by atoms with Crippen LogP contribution in [-0.4, -0.2) is 33.1 Å². The van der Waals surface area contributed by atoms with Crippen molar-refractivity contribution < 1.29 is 14.6 Å². The van der Waals surface area contributed by atoms with E-state index in [0.29, 0.717) is 24.3 Å². The van der Waals surface area contributed by atoms with E-state index in [2.05, 4.69) is 15.4 Å². The van der Waals surface area contributed by atoms with Crippen LogP contribution >= 0.6 is 0 Å². The molecule has 1 heterocycles. The lowest BCUT2D eigenvalue weighted by Crippen LogP contribution is -2.02. The van der Waals surface area contributed by atoms with Crippen molar-refractivity contribution in [1.29, 1.82) is 0 Å². The molecular formula is C10H11N3O3. The SMILES string of the molecule is O=C(O)CCCOc1cccc2n[nH]nc12. The summed E-state index contributed by atoms with van der Waals surface area (Å²) in [6.45, 7) is 0.359. The summed E-state index contributed by atoms with van der Waals surface area (Å²) in [6.07, 6.45) is 0.582. The van der Waals surface area contributed by atoms with Gasteiger partial charge in [-0.1, -0.05) is 6.07 Å². The average Bonchev–Trinajstić information content (AvgIpc) is 2.72. The molecule has 0 radical (unpaired) electrons. The fraction of sp³-hybridized carbons (Fsp3) is 0.300. The second kappa shape index (κ2) is 4.61. The first-order valence-electron chi connectivity index (χ1n) is 4.91. The Morgan fingerprint density at radius 3 is 3.12 bits per heavy atom. The van der Waals surface area contributed by atoms with Crippen molar-refractivity contribution in [3.8, 4) is 5.75 Å². The summed E-state index contributed by atoms with van der Waals surface area (Å²) in [4.78, 5) is 10.3. The number of nitrogens with one attached hydrogen (secondary N) is 1. The van der Waals surface area contributed by atoms with E-state index >= 15 is 0 Å². The molecule has 0 bridgehead atoms. The van der Waals surface area contributed by atoms with Crippen LogP contribution in [0.25, 0.3) is 11.0 Å². The Kier molecular flexibility index (Phi) is 3.00. The average molecular weight is 221 g/mol. The predicted molar refractivity (Wildman–Crippen MR) is 56.3 cm³/mol. The molecule has 6 nitrogen and oxygen atoms in total. The van der Waals surface area contributed by atoms with E-state index < -0.39 is 5.97 Å².